The molecule has 2 aromatic heterocycles. The summed E-state index contributed by atoms with van der Waals surface area (Å²) in [7, 11) is 0. The Bertz CT molecular complexity index is 972. The number of pyridine rings is 1. The predicted molar refractivity (Wildman–Crippen MR) is 95.2 cm³/mol. The number of para-hydroxylation sites is 1. The highest BCUT2D eigenvalue weighted by Crippen LogP contribution is 2.18. The Morgan fingerprint density at radius 1 is 1.00 bits per heavy atom. The van der Waals surface area contributed by atoms with E-state index in [0.29, 0.717) is 0 Å². The Kier molecular flexibility index (Phi) is 3.67. The van der Waals surface area contributed by atoms with Crippen LogP contribution in [0.4, 0.5) is 5.69 Å². The van der Waals surface area contributed by atoms with Gasteiger partial charge in [0, 0.05) is 24.6 Å². The molecule has 2 heterocycles. The fraction of sp³-hybridized carbons (Fsp3) is 0.105. The second-order valence-corrected chi connectivity index (χ2v) is 5.69. The smallest absolute Gasteiger partial charge is 0.113 e. The third kappa shape index (κ3) is 2.72. The normalized spacial score (nSPS) is 10.9. The molecule has 0 aliphatic heterocycles. The van der Waals surface area contributed by atoms with Crippen molar-refractivity contribution < 1.29 is 0 Å². The maximum Gasteiger partial charge on any atom is 0.113 e. The highest BCUT2D eigenvalue weighted by molar-refractivity contribution is 5.76. The maximum atomic E-state index is 4.24. The molecule has 0 spiro atoms. The lowest BCUT2D eigenvalue weighted by Gasteiger charge is -2.09. The summed E-state index contributed by atoms with van der Waals surface area (Å²) in [4.78, 5) is 4.18. The molecule has 0 radical (unpaired) electrons. The number of nitrogens with one attached hydrogen (secondary N) is 1. The van der Waals surface area contributed by atoms with Crippen molar-refractivity contribution >= 4 is 16.7 Å². The molecular weight excluding hydrogens is 298 g/mol. The maximum absolute atomic E-state index is 4.24. The standard InChI is InChI=1S/C19H17N5/c1-14-10-11-20-12-15(14)13-21-16-6-8-17(9-7-16)24-19-5-3-2-4-18(19)22-23-24/h2-12,21H,13H2,1H3. The van der Waals surface area contributed by atoms with Crippen LogP contribution in [0.3, 0.4) is 0 Å². The van der Waals surface area contributed by atoms with E-state index in [4.69, 9.17) is 0 Å². The minimum absolute atomic E-state index is 0.755. The van der Waals surface area contributed by atoms with Gasteiger partial charge in [0.25, 0.3) is 0 Å². The van der Waals surface area contributed by atoms with Gasteiger partial charge in [0.15, 0.2) is 0 Å². The van der Waals surface area contributed by atoms with E-state index in [1.807, 2.05) is 59.5 Å². The molecular formula is C19H17N5. The SMILES string of the molecule is Cc1ccncc1CNc1ccc(-n2nnc3ccccc32)cc1. The van der Waals surface area contributed by atoms with Crippen molar-refractivity contribution in [2.75, 3.05) is 5.32 Å². The third-order valence-corrected chi connectivity index (χ3v) is 4.09. The molecule has 5 nitrogen and oxygen atoms in total. The predicted octanol–water partition coefficient (Wildman–Crippen LogP) is 3.74. The molecule has 24 heavy (non-hydrogen) atoms. The summed E-state index contributed by atoms with van der Waals surface area (Å²) in [5, 5.41) is 11.9. The number of fused-ring (bicyclic) bond motifs is 1. The van der Waals surface area contributed by atoms with Crippen LogP contribution >= 0.6 is 0 Å². The van der Waals surface area contributed by atoms with E-state index in [-0.39, 0.29) is 0 Å². The Labute approximate surface area is 140 Å². The average molecular weight is 315 g/mol. The van der Waals surface area contributed by atoms with E-state index in [1.54, 1.807) is 0 Å². The van der Waals surface area contributed by atoms with Crippen LogP contribution in [-0.4, -0.2) is 20.0 Å². The lowest BCUT2D eigenvalue weighted by molar-refractivity contribution is 0.824. The molecule has 0 fully saturated rings. The fourth-order valence-corrected chi connectivity index (χ4v) is 2.66. The van der Waals surface area contributed by atoms with E-state index in [2.05, 4.69) is 39.7 Å². The second kappa shape index (κ2) is 6.12. The van der Waals surface area contributed by atoms with E-state index in [9.17, 15) is 0 Å². The van der Waals surface area contributed by atoms with Crippen LogP contribution in [0.1, 0.15) is 11.1 Å². The van der Waals surface area contributed by atoms with Gasteiger partial charge in [0.1, 0.15) is 5.52 Å². The number of nitrogens with zero attached hydrogens (tertiary/aromatic N) is 4. The van der Waals surface area contributed by atoms with Crippen molar-refractivity contribution in [2.45, 2.75) is 13.5 Å². The quantitative estimate of drug-likeness (QED) is 0.623. The highest BCUT2D eigenvalue weighted by Gasteiger charge is 2.05. The number of rotatable bonds is 4. The minimum atomic E-state index is 0.755. The lowest BCUT2D eigenvalue weighted by atomic mass is 10.1. The van der Waals surface area contributed by atoms with Crippen molar-refractivity contribution in [1.82, 2.24) is 20.0 Å². The number of hydrogen-bond donors (Lipinski definition) is 1. The van der Waals surface area contributed by atoms with Crippen LogP contribution < -0.4 is 5.32 Å². The largest absolute Gasteiger partial charge is 0.381 e. The molecule has 4 rings (SSSR count). The van der Waals surface area contributed by atoms with E-state index < -0.39 is 0 Å². The molecule has 0 atom stereocenters. The molecule has 0 aliphatic carbocycles. The molecule has 2 aromatic carbocycles. The summed E-state index contributed by atoms with van der Waals surface area (Å²) in [5.41, 5.74) is 6.39. The van der Waals surface area contributed by atoms with Gasteiger partial charge in [-0.2, -0.15) is 0 Å². The summed E-state index contributed by atoms with van der Waals surface area (Å²) >= 11 is 0. The van der Waals surface area contributed by atoms with Crippen LogP contribution in [0.25, 0.3) is 16.7 Å². The van der Waals surface area contributed by atoms with Crippen LogP contribution in [-0.2, 0) is 6.54 Å². The average Bonchev–Trinajstić information content (AvgIpc) is 3.06. The van der Waals surface area contributed by atoms with Gasteiger partial charge in [-0.15, -0.1) is 5.10 Å². The lowest BCUT2D eigenvalue weighted by Crippen LogP contribution is -2.02. The van der Waals surface area contributed by atoms with E-state index >= 15 is 0 Å². The number of aryl methyl sites for hydroxylation is 1. The number of benzene rings is 2. The summed E-state index contributed by atoms with van der Waals surface area (Å²) in [6.07, 6.45) is 3.72. The first kappa shape index (κ1) is 14.4. The zero-order chi connectivity index (χ0) is 16.4. The first-order valence-electron chi connectivity index (χ1n) is 7.85. The van der Waals surface area contributed by atoms with Gasteiger partial charge in [-0.25, -0.2) is 4.68 Å². The first-order valence-corrected chi connectivity index (χ1v) is 7.85. The van der Waals surface area contributed by atoms with Gasteiger partial charge in [0.05, 0.1) is 11.2 Å². The monoisotopic (exact) mass is 315 g/mol. The van der Waals surface area contributed by atoms with Crippen LogP contribution in [0.15, 0.2) is 67.0 Å². The molecule has 0 saturated heterocycles. The topological polar surface area (TPSA) is 55.6 Å². The fourth-order valence-electron chi connectivity index (χ4n) is 2.66. The van der Waals surface area contributed by atoms with Crippen LogP contribution in [0.2, 0.25) is 0 Å². The molecule has 0 amide bonds. The molecule has 4 aromatic rings. The second-order valence-electron chi connectivity index (χ2n) is 5.69. The van der Waals surface area contributed by atoms with Crippen molar-refractivity contribution in [3.8, 4) is 5.69 Å². The molecule has 0 aliphatic rings. The molecule has 118 valence electrons. The van der Waals surface area contributed by atoms with Gasteiger partial charge in [0.2, 0.25) is 0 Å². The molecule has 0 unspecified atom stereocenters. The van der Waals surface area contributed by atoms with Gasteiger partial charge in [-0.1, -0.05) is 17.3 Å². The number of aromatic nitrogens is 4. The summed E-state index contributed by atoms with van der Waals surface area (Å²) in [6, 6.07) is 18.2. The third-order valence-electron chi connectivity index (χ3n) is 4.09. The minimum Gasteiger partial charge on any atom is -0.381 e. The van der Waals surface area contributed by atoms with Crippen LogP contribution in [0.5, 0.6) is 0 Å². The van der Waals surface area contributed by atoms with E-state index in [1.165, 1.54) is 11.1 Å². The number of anilines is 1. The highest BCUT2D eigenvalue weighted by atomic mass is 15.4. The zero-order valence-electron chi connectivity index (χ0n) is 13.3. The summed E-state index contributed by atoms with van der Waals surface area (Å²) < 4.78 is 1.85. The van der Waals surface area contributed by atoms with Crippen molar-refractivity contribution in [3.05, 3.63) is 78.1 Å². The van der Waals surface area contributed by atoms with E-state index in [0.717, 1.165) is 29.0 Å². The molecule has 1 N–H and O–H groups in total. The Balaban J connectivity index is 1.54. The Morgan fingerprint density at radius 2 is 1.83 bits per heavy atom. The van der Waals surface area contributed by atoms with Crippen molar-refractivity contribution in [2.24, 2.45) is 0 Å². The van der Waals surface area contributed by atoms with Gasteiger partial charge >= 0.3 is 0 Å². The van der Waals surface area contributed by atoms with Gasteiger partial charge < -0.3 is 5.32 Å². The van der Waals surface area contributed by atoms with Crippen molar-refractivity contribution in [1.29, 1.82) is 0 Å². The van der Waals surface area contributed by atoms with Crippen LogP contribution in [0, 0.1) is 6.92 Å². The molecule has 5 heteroatoms. The Morgan fingerprint density at radius 3 is 2.67 bits per heavy atom. The number of hydrogen-bond acceptors (Lipinski definition) is 4. The zero-order valence-corrected chi connectivity index (χ0v) is 13.3. The van der Waals surface area contributed by atoms with Crippen molar-refractivity contribution in [3.63, 3.8) is 0 Å². The first-order chi connectivity index (χ1) is 11.8. The summed E-state index contributed by atoms with van der Waals surface area (Å²) in [6.45, 7) is 2.85. The molecule has 0 saturated carbocycles. The molecule has 0 bridgehead atoms. The van der Waals surface area contributed by atoms with Gasteiger partial charge in [-0.3, -0.25) is 4.98 Å². The summed E-state index contributed by atoms with van der Waals surface area (Å²) in [5.74, 6) is 0. The Hall–Kier alpha value is -3.21. The van der Waals surface area contributed by atoms with Gasteiger partial charge in [-0.05, 0) is 60.5 Å².